The summed E-state index contributed by atoms with van der Waals surface area (Å²) in [4.78, 5) is 2.29. The minimum absolute atomic E-state index is 0.615. The number of hydrogen-bond acceptors (Lipinski definition) is 3. The summed E-state index contributed by atoms with van der Waals surface area (Å²) < 4.78 is 0. The van der Waals surface area contributed by atoms with Gasteiger partial charge in [0.25, 0.3) is 0 Å². The van der Waals surface area contributed by atoms with E-state index >= 15 is 0 Å². The Hall–Kier alpha value is -1.06. The van der Waals surface area contributed by atoms with Gasteiger partial charge < -0.3 is 0 Å². The SMILES string of the molecule is ON(CN1CCCCC1)c1ccccc1. The van der Waals surface area contributed by atoms with Crippen molar-refractivity contribution >= 4 is 5.69 Å². The molecule has 1 aromatic carbocycles. The van der Waals surface area contributed by atoms with E-state index in [4.69, 9.17) is 0 Å². The van der Waals surface area contributed by atoms with Crippen LogP contribution in [0, 0.1) is 0 Å². The Morgan fingerprint density at radius 1 is 1.07 bits per heavy atom. The molecule has 1 heterocycles. The molecule has 1 N–H and O–H groups in total. The van der Waals surface area contributed by atoms with Gasteiger partial charge in [-0.25, -0.2) is 5.06 Å². The number of hydroxylamine groups is 1. The van der Waals surface area contributed by atoms with Gasteiger partial charge in [0, 0.05) is 0 Å². The van der Waals surface area contributed by atoms with Crippen LogP contribution in [0.1, 0.15) is 19.3 Å². The third-order valence-electron chi connectivity index (χ3n) is 2.84. The van der Waals surface area contributed by atoms with Gasteiger partial charge in [-0.3, -0.25) is 10.1 Å². The molecule has 0 atom stereocenters. The van der Waals surface area contributed by atoms with Gasteiger partial charge in [0.05, 0.1) is 12.4 Å². The maximum Gasteiger partial charge on any atom is 0.0973 e. The predicted octanol–water partition coefficient (Wildman–Crippen LogP) is 2.33. The highest BCUT2D eigenvalue weighted by Gasteiger charge is 2.12. The Labute approximate surface area is 90.9 Å². The van der Waals surface area contributed by atoms with E-state index in [-0.39, 0.29) is 0 Å². The van der Waals surface area contributed by atoms with E-state index in [1.807, 2.05) is 30.3 Å². The van der Waals surface area contributed by atoms with Crippen molar-refractivity contribution in [3.05, 3.63) is 30.3 Å². The number of anilines is 1. The maximum absolute atomic E-state index is 9.86. The number of piperidine rings is 1. The van der Waals surface area contributed by atoms with E-state index in [1.165, 1.54) is 24.3 Å². The molecular weight excluding hydrogens is 188 g/mol. The summed E-state index contributed by atoms with van der Waals surface area (Å²) in [5.74, 6) is 0. The number of benzene rings is 1. The standard InChI is InChI=1S/C12H18N2O/c15-14(12-7-3-1-4-8-12)11-13-9-5-2-6-10-13/h1,3-4,7-8,15H,2,5-6,9-11H2. The fourth-order valence-corrected chi connectivity index (χ4v) is 1.97. The first-order valence-electron chi connectivity index (χ1n) is 5.60. The molecule has 0 spiro atoms. The fraction of sp³-hybridized carbons (Fsp3) is 0.500. The second-order valence-corrected chi connectivity index (χ2v) is 4.06. The first kappa shape index (κ1) is 10.5. The zero-order valence-corrected chi connectivity index (χ0v) is 8.97. The topological polar surface area (TPSA) is 26.7 Å². The van der Waals surface area contributed by atoms with Crippen LogP contribution in [0.2, 0.25) is 0 Å². The fourth-order valence-electron chi connectivity index (χ4n) is 1.97. The number of nitrogens with zero attached hydrogens (tertiary/aromatic N) is 2. The second-order valence-electron chi connectivity index (χ2n) is 4.06. The van der Waals surface area contributed by atoms with Gasteiger partial charge >= 0.3 is 0 Å². The summed E-state index contributed by atoms with van der Waals surface area (Å²) in [6, 6.07) is 9.68. The smallest absolute Gasteiger partial charge is 0.0973 e. The molecule has 0 aromatic heterocycles. The molecule has 1 aliphatic rings. The number of likely N-dealkylation sites (tertiary alicyclic amines) is 1. The molecule has 2 rings (SSSR count). The van der Waals surface area contributed by atoms with Crippen LogP contribution in [0.5, 0.6) is 0 Å². The van der Waals surface area contributed by atoms with Gasteiger partial charge in [-0.05, 0) is 38.1 Å². The number of rotatable bonds is 3. The van der Waals surface area contributed by atoms with Crippen molar-refractivity contribution in [2.75, 3.05) is 24.8 Å². The van der Waals surface area contributed by atoms with E-state index in [0.717, 1.165) is 18.8 Å². The number of hydrogen-bond donors (Lipinski definition) is 1. The summed E-state index contributed by atoms with van der Waals surface area (Å²) in [5, 5.41) is 11.2. The van der Waals surface area contributed by atoms with Crippen LogP contribution in [-0.2, 0) is 0 Å². The van der Waals surface area contributed by atoms with E-state index < -0.39 is 0 Å². The van der Waals surface area contributed by atoms with Crippen LogP contribution in [-0.4, -0.2) is 29.9 Å². The summed E-state index contributed by atoms with van der Waals surface area (Å²) in [6.45, 7) is 2.82. The monoisotopic (exact) mass is 206 g/mol. The molecule has 3 heteroatoms. The van der Waals surface area contributed by atoms with Crippen LogP contribution in [0.25, 0.3) is 0 Å². The molecule has 0 saturated carbocycles. The van der Waals surface area contributed by atoms with Gasteiger partial charge in [0.15, 0.2) is 0 Å². The molecule has 0 aliphatic carbocycles. The minimum Gasteiger partial charge on any atom is -0.287 e. The first-order chi connectivity index (χ1) is 7.36. The van der Waals surface area contributed by atoms with Gasteiger partial charge in [0.1, 0.15) is 0 Å². The Balaban J connectivity index is 1.88. The van der Waals surface area contributed by atoms with Crippen molar-refractivity contribution in [1.82, 2.24) is 4.90 Å². The summed E-state index contributed by atoms with van der Waals surface area (Å²) in [5.41, 5.74) is 0.864. The van der Waals surface area contributed by atoms with E-state index in [9.17, 15) is 5.21 Å². The highest BCUT2D eigenvalue weighted by molar-refractivity contribution is 5.42. The van der Waals surface area contributed by atoms with E-state index in [2.05, 4.69) is 4.90 Å². The van der Waals surface area contributed by atoms with Gasteiger partial charge in [0.2, 0.25) is 0 Å². The molecule has 0 radical (unpaired) electrons. The van der Waals surface area contributed by atoms with Crippen molar-refractivity contribution in [2.24, 2.45) is 0 Å². The Kier molecular flexibility index (Phi) is 3.59. The molecule has 1 saturated heterocycles. The normalized spacial score (nSPS) is 17.7. The van der Waals surface area contributed by atoms with Crippen LogP contribution in [0.3, 0.4) is 0 Å². The zero-order valence-electron chi connectivity index (χ0n) is 8.97. The van der Waals surface area contributed by atoms with Crippen LogP contribution in [0.15, 0.2) is 30.3 Å². The first-order valence-corrected chi connectivity index (χ1v) is 5.60. The Bertz CT molecular complexity index is 283. The lowest BCUT2D eigenvalue weighted by atomic mass is 10.1. The van der Waals surface area contributed by atoms with Crippen molar-refractivity contribution < 1.29 is 5.21 Å². The molecule has 1 aromatic rings. The second kappa shape index (κ2) is 5.14. The average Bonchev–Trinajstić information content (AvgIpc) is 2.31. The molecule has 0 unspecified atom stereocenters. The van der Waals surface area contributed by atoms with Gasteiger partial charge in [-0.1, -0.05) is 24.6 Å². The Morgan fingerprint density at radius 2 is 1.73 bits per heavy atom. The molecule has 82 valence electrons. The number of para-hydroxylation sites is 1. The van der Waals surface area contributed by atoms with Crippen molar-refractivity contribution in [2.45, 2.75) is 19.3 Å². The molecule has 0 bridgehead atoms. The summed E-state index contributed by atoms with van der Waals surface area (Å²) in [7, 11) is 0. The van der Waals surface area contributed by atoms with Crippen molar-refractivity contribution in [3.8, 4) is 0 Å². The summed E-state index contributed by atoms with van der Waals surface area (Å²) in [6.07, 6.45) is 3.83. The lowest BCUT2D eigenvalue weighted by Crippen LogP contribution is -2.39. The average molecular weight is 206 g/mol. The molecule has 0 amide bonds. The van der Waals surface area contributed by atoms with Crippen molar-refractivity contribution in [3.63, 3.8) is 0 Å². The van der Waals surface area contributed by atoms with Gasteiger partial charge in [-0.15, -0.1) is 0 Å². The van der Waals surface area contributed by atoms with E-state index in [1.54, 1.807) is 0 Å². The zero-order chi connectivity index (χ0) is 10.5. The minimum atomic E-state index is 0.615. The van der Waals surface area contributed by atoms with Crippen molar-refractivity contribution in [1.29, 1.82) is 0 Å². The lowest BCUT2D eigenvalue weighted by Gasteiger charge is -2.30. The molecule has 1 aliphatic heterocycles. The largest absolute Gasteiger partial charge is 0.287 e. The quantitative estimate of drug-likeness (QED) is 0.769. The molecule has 15 heavy (non-hydrogen) atoms. The Morgan fingerprint density at radius 3 is 2.40 bits per heavy atom. The van der Waals surface area contributed by atoms with Crippen LogP contribution >= 0.6 is 0 Å². The maximum atomic E-state index is 9.86. The third-order valence-corrected chi connectivity index (χ3v) is 2.84. The lowest BCUT2D eigenvalue weighted by molar-refractivity contribution is 0.147. The predicted molar refractivity (Wildman–Crippen MR) is 61.0 cm³/mol. The molecular formula is C12H18N2O. The van der Waals surface area contributed by atoms with Crippen LogP contribution in [0.4, 0.5) is 5.69 Å². The molecule has 1 fully saturated rings. The summed E-state index contributed by atoms with van der Waals surface area (Å²) >= 11 is 0. The molecule has 3 nitrogen and oxygen atoms in total. The van der Waals surface area contributed by atoms with Crippen LogP contribution < -0.4 is 5.06 Å². The highest BCUT2D eigenvalue weighted by atomic mass is 16.5. The highest BCUT2D eigenvalue weighted by Crippen LogP contribution is 2.14. The van der Waals surface area contributed by atoms with Gasteiger partial charge in [-0.2, -0.15) is 0 Å². The third kappa shape index (κ3) is 2.94. The van der Waals surface area contributed by atoms with E-state index in [0.29, 0.717) is 6.67 Å².